The van der Waals surface area contributed by atoms with E-state index in [1.165, 1.54) is 16.5 Å². The molecule has 3 heterocycles. The Morgan fingerprint density at radius 3 is 2.83 bits per heavy atom. The number of carbonyl (C=O) groups excluding carboxylic acids is 1. The van der Waals surface area contributed by atoms with Gasteiger partial charge in [0.1, 0.15) is 6.42 Å². The number of rotatable bonds is 5. The number of hydrogen-bond acceptors (Lipinski definition) is 9. The van der Waals surface area contributed by atoms with Gasteiger partial charge in [0.15, 0.2) is 11.6 Å². The van der Waals surface area contributed by atoms with E-state index in [0.29, 0.717) is 0 Å². The molecule has 0 saturated carbocycles. The minimum absolute atomic E-state index is 0.0527. The summed E-state index contributed by atoms with van der Waals surface area (Å²) in [5.74, 6) is -0.278. The van der Waals surface area contributed by atoms with Crippen LogP contribution in [0.25, 0.3) is 16.9 Å². The van der Waals surface area contributed by atoms with Crippen LogP contribution in [0.3, 0.4) is 0 Å². The molecule has 4 rings (SSSR count). The summed E-state index contributed by atoms with van der Waals surface area (Å²) in [5, 5.41) is 18.1. The fourth-order valence-electron chi connectivity index (χ4n) is 2.69. The molecule has 150 valence electrons. The molecule has 29 heavy (non-hydrogen) atoms. The fourth-order valence-corrected chi connectivity index (χ4v) is 2.69. The number of nitrogens with one attached hydrogen (secondary N) is 1. The standard InChI is InChI=1S/C16H12F3N7O3/c1-2-28-11(27)7-10-22-23-14-12(21-13-15(26(10)14)25-29-24-13)20-9-5-3-4-8(6-9)16(17,18)19/h3-6H,2,7H2,1H3,(H,20,21,24). The first-order valence-corrected chi connectivity index (χ1v) is 8.33. The lowest BCUT2D eigenvalue weighted by Gasteiger charge is -2.10. The van der Waals surface area contributed by atoms with Gasteiger partial charge in [-0.05, 0) is 35.4 Å². The third kappa shape index (κ3) is 3.53. The second-order valence-corrected chi connectivity index (χ2v) is 5.83. The molecule has 0 saturated heterocycles. The molecule has 0 atom stereocenters. The van der Waals surface area contributed by atoms with Crippen LogP contribution < -0.4 is 5.32 Å². The van der Waals surface area contributed by atoms with Gasteiger partial charge >= 0.3 is 12.1 Å². The van der Waals surface area contributed by atoms with E-state index in [-0.39, 0.29) is 47.3 Å². The van der Waals surface area contributed by atoms with Crippen LogP contribution >= 0.6 is 0 Å². The highest BCUT2D eigenvalue weighted by atomic mass is 19.4. The van der Waals surface area contributed by atoms with E-state index in [4.69, 9.17) is 4.74 Å². The Labute approximate surface area is 159 Å². The van der Waals surface area contributed by atoms with E-state index in [1.54, 1.807) is 6.92 Å². The van der Waals surface area contributed by atoms with Crippen LogP contribution in [-0.2, 0) is 22.1 Å². The van der Waals surface area contributed by atoms with Crippen molar-refractivity contribution in [2.75, 3.05) is 11.9 Å². The molecule has 0 bridgehead atoms. The first kappa shape index (κ1) is 18.6. The van der Waals surface area contributed by atoms with E-state index < -0.39 is 17.7 Å². The summed E-state index contributed by atoms with van der Waals surface area (Å²) in [4.78, 5) is 16.0. The highest BCUT2D eigenvalue weighted by Gasteiger charge is 2.30. The highest BCUT2D eigenvalue weighted by molar-refractivity contribution is 5.80. The Hall–Kier alpha value is -3.77. The maximum atomic E-state index is 13.0. The molecule has 0 radical (unpaired) electrons. The molecule has 1 N–H and O–H groups in total. The number of alkyl halides is 3. The number of benzene rings is 1. The number of halogens is 3. The topological polar surface area (TPSA) is 120 Å². The van der Waals surface area contributed by atoms with Crippen molar-refractivity contribution in [1.82, 2.24) is 29.9 Å². The van der Waals surface area contributed by atoms with E-state index >= 15 is 0 Å². The van der Waals surface area contributed by atoms with Gasteiger partial charge in [-0.1, -0.05) is 6.07 Å². The first-order chi connectivity index (χ1) is 13.9. The Morgan fingerprint density at radius 2 is 2.07 bits per heavy atom. The third-order valence-electron chi connectivity index (χ3n) is 3.89. The molecule has 0 aliphatic heterocycles. The van der Waals surface area contributed by atoms with Crippen LogP contribution in [0.4, 0.5) is 24.7 Å². The van der Waals surface area contributed by atoms with Crippen LogP contribution in [0.5, 0.6) is 0 Å². The molecule has 0 amide bonds. The molecule has 1 aromatic carbocycles. The van der Waals surface area contributed by atoms with Crippen molar-refractivity contribution in [3.05, 3.63) is 35.7 Å². The lowest BCUT2D eigenvalue weighted by atomic mass is 10.2. The zero-order chi connectivity index (χ0) is 20.6. The molecule has 0 unspecified atom stereocenters. The first-order valence-electron chi connectivity index (χ1n) is 8.33. The summed E-state index contributed by atoms with van der Waals surface area (Å²) < 4.78 is 49.9. The number of carbonyl (C=O) groups is 1. The van der Waals surface area contributed by atoms with Crippen molar-refractivity contribution in [3.63, 3.8) is 0 Å². The Bertz CT molecular complexity index is 1200. The van der Waals surface area contributed by atoms with Gasteiger partial charge in [-0.2, -0.15) is 13.2 Å². The number of hydrogen-bond donors (Lipinski definition) is 1. The van der Waals surface area contributed by atoms with Crippen molar-refractivity contribution in [3.8, 4) is 0 Å². The van der Waals surface area contributed by atoms with Gasteiger partial charge in [-0.15, -0.1) is 10.2 Å². The SMILES string of the molecule is CCOC(=O)Cc1nnc2c(Nc3cccc(C(F)(F)F)c3)nc3nonc3n12. The number of aromatic nitrogens is 6. The Kier molecular flexibility index (Phi) is 4.48. The van der Waals surface area contributed by atoms with Gasteiger partial charge in [-0.3, -0.25) is 9.20 Å². The van der Waals surface area contributed by atoms with Crippen LogP contribution in [0.1, 0.15) is 18.3 Å². The largest absolute Gasteiger partial charge is 0.466 e. The van der Waals surface area contributed by atoms with Gasteiger partial charge in [-0.25, -0.2) is 9.61 Å². The molecule has 0 aliphatic rings. The fraction of sp³-hybridized carbons (Fsp3) is 0.250. The molecular formula is C16H12F3N7O3. The van der Waals surface area contributed by atoms with Gasteiger partial charge in [0.25, 0.3) is 0 Å². The highest BCUT2D eigenvalue weighted by Crippen LogP contribution is 2.32. The van der Waals surface area contributed by atoms with Gasteiger partial charge < -0.3 is 10.1 Å². The second kappa shape index (κ2) is 7.00. The number of esters is 1. The Balaban J connectivity index is 1.79. The number of ether oxygens (including phenoxy) is 1. The average molecular weight is 407 g/mol. The quantitative estimate of drug-likeness (QED) is 0.498. The van der Waals surface area contributed by atoms with E-state index in [9.17, 15) is 18.0 Å². The van der Waals surface area contributed by atoms with Crippen molar-refractivity contribution in [2.45, 2.75) is 19.5 Å². The lowest BCUT2D eigenvalue weighted by molar-refractivity contribution is -0.142. The van der Waals surface area contributed by atoms with E-state index in [0.717, 1.165) is 12.1 Å². The smallest absolute Gasteiger partial charge is 0.416 e. The minimum atomic E-state index is -4.50. The number of nitrogens with zero attached hydrogens (tertiary/aromatic N) is 6. The summed E-state index contributed by atoms with van der Waals surface area (Å²) in [6.07, 6.45) is -4.70. The molecule has 0 aliphatic carbocycles. The molecule has 0 fully saturated rings. The molecule has 3 aromatic heterocycles. The lowest BCUT2D eigenvalue weighted by Crippen LogP contribution is -2.11. The van der Waals surface area contributed by atoms with Crippen molar-refractivity contribution in [1.29, 1.82) is 0 Å². The zero-order valence-electron chi connectivity index (χ0n) is 14.8. The molecule has 0 spiro atoms. The second-order valence-electron chi connectivity index (χ2n) is 5.83. The molecule has 4 aromatic rings. The van der Waals surface area contributed by atoms with Crippen molar-refractivity contribution in [2.24, 2.45) is 0 Å². The van der Waals surface area contributed by atoms with E-state index in [1.807, 2.05) is 0 Å². The summed E-state index contributed by atoms with van der Waals surface area (Å²) >= 11 is 0. The maximum Gasteiger partial charge on any atom is 0.416 e. The predicted octanol–water partition coefficient (Wildman–Crippen LogP) is 2.53. The molecule has 13 heteroatoms. The summed E-state index contributed by atoms with van der Waals surface area (Å²) in [6, 6.07) is 4.58. The van der Waals surface area contributed by atoms with Crippen LogP contribution in [0.2, 0.25) is 0 Å². The third-order valence-corrected chi connectivity index (χ3v) is 3.89. The summed E-state index contributed by atoms with van der Waals surface area (Å²) in [6.45, 7) is 1.86. The number of fused-ring (bicyclic) bond motifs is 3. The van der Waals surface area contributed by atoms with Crippen LogP contribution in [-0.4, -0.2) is 42.5 Å². The zero-order valence-corrected chi connectivity index (χ0v) is 14.8. The maximum absolute atomic E-state index is 13.0. The molecular weight excluding hydrogens is 395 g/mol. The predicted molar refractivity (Wildman–Crippen MR) is 91.2 cm³/mol. The summed E-state index contributed by atoms with van der Waals surface area (Å²) in [7, 11) is 0. The minimum Gasteiger partial charge on any atom is -0.466 e. The van der Waals surface area contributed by atoms with Gasteiger partial charge in [0.05, 0.1) is 12.2 Å². The average Bonchev–Trinajstić information content (AvgIpc) is 3.28. The normalized spacial score (nSPS) is 11.9. The van der Waals surface area contributed by atoms with E-state index in [2.05, 4.69) is 35.4 Å². The van der Waals surface area contributed by atoms with Gasteiger partial charge in [0.2, 0.25) is 16.9 Å². The van der Waals surface area contributed by atoms with Crippen molar-refractivity contribution < 1.29 is 27.3 Å². The Morgan fingerprint density at radius 1 is 1.24 bits per heavy atom. The van der Waals surface area contributed by atoms with Crippen LogP contribution in [0.15, 0.2) is 28.9 Å². The molecule has 10 nitrogen and oxygen atoms in total. The monoisotopic (exact) mass is 407 g/mol. The summed E-state index contributed by atoms with van der Waals surface area (Å²) in [5.41, 5.74) is -0.368. The van der Waals surface area contributed by atoms with Gasteiger partial charge in [0, 0.05) is 5.69 Å². The van der Waals surface area contributed by atoms with Crippen LogP contribution in [0, 0.1) is 0 Å². The number of anilines is 2. The van der Waals surface area contributed by atoms with Crippen molar-refractivity contribution >= 4 is 34.4 Å².